The van der Waals surface area contributed by atoms with Gasteiger partial charge in [-0.2, -0.15) is 22.0 Å². The highest BCUT2D eigenvalue weighted by Gasteiger charge is 2.58. The number of benzene rings is 1. The van der Waals surface area contributed by atoms with Crippen molar-refractivity contribution in [2.45, 2.75) is 129 Å². The molecule has 0 aliphatic heterocycles. The van der Waals surface area contributed by atoms with Gasteiger partial charge in [-0.25, -0.2) is 0 Å². The zero-order chi connectivity index (χ0) is 32.3. The van der Waals surface area contributed by atoms with E-state index in [1.165, 1.54) is 12.1 Å². The zero-order valence-corrected chi connectivity index (χ0v) is 27.8. The minimum atomic E-state index is -5.71. The van der Waals surface area contributed by atoms with Crippen LogP contribution >= 0.6 is 0 Å². The highest BCUT2D eigenvalue weighted by Crippen LogP contribution is 2.52. The largest absolute Gasteiger partial charge is 0.458 e. The van der Waals surface area contributed by atoms with Crippen molar-refractivity contribution in [3.8, 4) is 0 Å². The molecule has 0 saturated heterocycles. The van der Waals surface area contributed by atoms with E-state index in [4.69, 9.17) is 9.41 Å². The number of halogens is 5. The standard InChI is InChI=1S/C34H46F5NO2Si/c1-20(2)29-28(30(41)22-14-16-23(17-15-22)33(35,36)34(37,38)39)26(21-12-10-11-13-21)27-24(40-29)18-32(6,7)19-25(27)42-43(8,9)31(3,4)5/h12,14-17,20,25,30,41H,10-11,13,18-19H2,1-9H3/t25-,30?/m0/s1. The van der Waals surface area contributed by atoms with Gasteiger partial charge in [0.15, 0.2) is 8.32 Å². The van der Waals surface area contributed by atoms with Crippen LogP contribution in [0.3, 0.4) is 0 Å². The van der Waals surface area contributed by atoms with E-state index in [1.54, 1.807) is 0 Å². The molecule has 3 nitrogen and oxygen atoms in total. The first-order valence-corrected chi connectivity index (χ1v) is 18.1. The second-order valence-corrected chi connectivity index (χ2v) is 19.7. The molecule has 43 heavy (non-hydrogen) atoms. The van der Waals surface area contributed by atoms with Crippen LogP contribution in [-0.2, 0) is 16.8 Å². The molecule has 0 saturated carbocycles. The van der Waals surface area contributed by atoms with Crippen molar-refractivity contribution in [3.05, 3.63) is 69.5 Å². The summed E-state index contributed by atoms with van der Waals surface area (Å²) >= 11 is 0. The molecule has 1 aromatic carbocycles. The van der Waals surface area contributed by atoms with Crippen molar-refractivity contribution >= 4 is 13.9 Å². The third-order valence-corrected chi connectivity index (χ3v) is 13.9. The fourth-order valence-electron chi connectivity index (χ4n) is 6.09. The summed E-state index contributed by atoms with van der Waals surface area (Å²) in [4.78, 5) is 5.20. The van der Waals surface area contributed by atoms with E-state index < -0.39 is 32.1 Å². The lowest BCUT2D eigenvalue weighted by Crippen LogP contribution is -2.44. The van der Waals surface area contributed by atoms with Gasteiger partial charge in [-0.15, -0.1) is 0 Å². The van der Waals surface area contributed by atoms with E-state index >= 15 is 0 Å². The number of nitrogens with zero attached hydrogens (tertiary/aromatic N) is 1. The molecule has 238 valence electrons. The summed E-state index contributed by atoms with van der Waals surface area (Å²) in [7, 11) is -2.24. The van der Waals surface area contributed by atoms with Gasteiger partial charge < -0.3 is 9.53 Å². The SMILES string of the molecule is CC(C)c1nc2c(c(C3=CCCC3)c1C(O)c1ccc(C(F)(F)C(F)(F)F)cc1)[C@@H](O[Si](C)(C)C(C)(C)C)CC(C)(C)C2. The Hall–Kier alpha value is -2.10. The van der Waals surface area contributed by atoms with Gasteiger partial charge in [0.25, 0.3) is 0 Å². The van der Waals surface area contributed by atoms with Crippen molar-refractivity contribution in [2.24, 2.45) is 5.41 Å². The lowest BCUT2D eigenvalue weighted by Gasteiger charge is -2.45. The number of pyridine rings is 1. The number of aromatic nitrogens is 1. The Morgan fingerprint density at radius 2 is 1.63 bits per heavy atom. The molecule has 4 rings (SSSR count). The molecule has 0 fully saturated rings. The first-order valence-electron chi connectivity index (χ1n) is 15.2. The average Bonchev–Trinajstić information content (AvgIpc) is 3.39. The van der Waals surface area contributed by atoms with Gasteiger partial charge in [0.05, 0.1) is 6.10 Å². The van der Waals surface area contributed by atoms with Crippen molar-refractivity contribution < 1.29 is 31.5 Å². The van der Waals surface area contributed by atoms with Crippen LogP contribution in [0.25, 0.3) is 5.57 Å². The molecule has 1 N–H and O–H groups in total. The van der Waals surface area contributed by atoms with Crippen LogP contribution in [0.4, 0.5) is 22.0 Å². The number of fused-ring (bicyclic) bond motifs is 1. The predicted octanol–water partition coefficient (Wildman–Crippen LogP) is 10.5. The molecular formula is C34H46F5NO2Si. The number of aliphatic hydroxyl groups is 1. The van der Waals surface area contributed by atoms with Crippen LogP contribution in [0.2, 0.25) is 18.1 Å². The Morgan fingerprint density at radius 1 is 1.02 bits per heavy atom. The molecule has 9 heteroatoms. The summed E-state index contributed by atoms with van der Waals surface area (Å²) < 4.78 is 74.3. The number of alkyl halides is 5. The van der Waals surface area contributed by atoms with E-state index in [-0.39, 0.29) is 28.0 Å². The van der Waals surface area contributed by atoms with Crippen LogP contribution < -0.4 is 0 Å². The molecule has 0 amide bonds. The lowest BCUT2D eigenvalue weighted by atomic mass is 9.71. The van der Waals surface area contributed by atoms with Crippen molar-refractivity contribution in [1.82, 2.24) is 4.98 Å². The van der Waals surface area contributed by atoms with Gasteiger partial charge in [0, 0.05) is 28.1 Å². The third-order valence-electron chi connectivity index (χ3n) is 9.46. The van der Waals surface area contributed by atoms with Crippen LogP contribution in [0.15, 0.2) is 30.3 Å². The molecule has 2 atom stereocenters. The third kappa shape index (κ3) is 6.50. The summed E-state index contributed by atoms with van der Waals surface area (Å²) in [5.41, 5.74) is 4.31. The van der Waals surface area contributed by atoms with Gasteiger partial charge >= 0.3 is 12.1 Å². The number of rotatable bonds is 7. The Labute approximate surface area is 254 Å². The molecule has 1 aromatic heterocycles. The van der Waals surface area contributed by atoms with Gasteiger partial charge in [-0.05, 0) is 78.3 Å². The van der Waals surface area contributed by atoms with E-state index in [0.29, 0.717) is 11.3 Å². The Balaban J connectivity index is 1.96. The summed E-state index contributed by atoms with van der Waals surface area (Å²) in [6.45, 7) is 19.5. The maximum absolute atomic E-state index is 14.1. The second kappa shape index (κ2) is 11.4. The number of hydrogen-bond donors (Lipinski definition) is 1. The van der Waals surface area contributed by atoms with E-state index in [0.717, 1.165) is 66.6 Å². The Morgan fingerprint density at radius 3 is 2.12 bits per heavy atom. The van der Waals surface area contributed by atoms with Crippen LogP contribution in [0, 0.1) is 5.41 Å². The highest BCUT2D eigenvalue weighted by molar-refractivity contribution is 6.74. The summed E-state index contributed by atoms with van der Waals surface area (Å²) in [6.07, 6.45) is -0.808. The van der Waals surface area contributed by atoms with Crippen LogP contribution in [-0.4, -0.2) is 24.6 Å². The molecular weight excluding hydrogens is 577 g/mol. The minimum absolute atomic E-state index is 0.0323. The fourth-order valence-corrected chi connectivity index (χ4v) is 7.36. The molecule has 2 aromatic rings. The van der Waals surface area contributed by atoms with Gasteiger partial charge in [-0.3, -0.25) is 4.98 Å². The smallest absolute Gasteiger partial charge is 0.410 e. The van der Waals surface area contributed by atoms with Crippen LogP contribution in [0.1, 0.15) is 131 Å². The first kappa shape index (κ1) is 33.8. The predicted molar refractivity (Wildman–Crippen MR) is 164 cm³/mol. The van der Waals surface area contributed by atoms with Gasteiger partial charge in [0.1, 0.15) is 6.10 Å². The molecule has 2 aliphatic carbocycles. The quantitative estimate of drug-likeness (QED) is 0.246. The first-order chi connectivity index (χ1) is 19.6. The van der Waals surface area contributed by atoms with Crippen molar-refractivity contribution in [2.75, 3.05) is 0 Å². The molecule has 2 aliphatic rings. The lowest BCUT2D eigenvalue weighted by molar-refractivity contribution is -0.289. The summed E-state index contributed by atoms with van der Waals surface area (Å²) in [5.74, 6) is -5.07. The molecule has 0 bridgehead atoms. The normalized spacial score (nSPS) is 20.3. The minimum Gasteiger partial charge on any atom is -0.410 e. The van der Waals surface area contributed by atoms with E-state index in [2.05, 4.69) is 53.8 Å². The summed E-state index contributed by atoms with van der Waals surface area (Å²) in [5, 5.41) is 11.9. The Bertz CT molecular complexity index is 1370. The van der Waals surface area contributed by atoms with Gasteiger partial charge in [0.2, 0.25) is 0 Å². The maximum atomic E-state index is 14.1. The van der Waals surface area contributed by atoms with Crippen molar-refractivity contribution in [3.63, 3.8) is 0 Å². The maximum Gasteiger partial charge on any atom is 0.458 e. The average molecular weight is 624 g/mol. The number of aliphatic hydroxyl groups excluding tert-OH is 1. The molecule has 1 unspecified atom stereocenters. The number of hydrogen-bond acceptors (Lipinski definition) is 3. The monoisotopic (exact) mass is 623 g/mol. The van der Waals surface area contributed by atoms with Crippen molar-refractivity contribution in [1.29, 1.82) is 0 Å². The number of allylic oxidation sites excluding steroid dienone is 2. The Kier molecular flexibility index (Phi) is 8.92. The van der Waals surface area contributed by atoms with Crippen LogP contribution in [0.5, 0.6) is 0 Å². The van der Waals surface area contributed by atoms with Gasteiger partial charge in [-0.1, -0.05) is 78.8 Å². The van der Waals surface area contributed by atoms with E-state index in [1.807, 2.05) is 13.8 Å². The second-order valence-electron chi connectivity index (χ2n) is 14.9. The molecule has 1 heterocycles. The molecule has 0 radical (unpaired) electrons. The zero-order valence-electron chi connectivity index (χ0n) is 26.8. The summed E-state index contributed by atoms with van der Waals surface area (Å²) in [6, 6.07) is 3.85. The fraction of sp³-hybridized carbons (Fsp3) is 0.618. The highest BCUT2D eigenvalue weighted by atomic mass is 28.4. The molecule has 0 spiro atoms. The van der Waals surface area contributed by atoms with E-state index in [9.17, 15) is 27.1 Å². The topological polar surface area (TPSA) is 42.4 Å².